The molecule has 0 heterocycles. The lowest BCUT2D eigenvalue weighted by atomic mass is 9.84. The van der Waals surface area contributed by atoms with Crippen LogP contribution in [0.15, 0.2) is 47.4 Å². The van der Waals surface area contributed by atoms with Gasteiger partial charge in [-0.2, -0.15) is 0 Å². The summed E-state index contributed by atoms with van der Waals surface area (Å²) in [5, 5.41) is 0. The molecule has 0 N–H and O–H groups in total. The lowest BCUT2D eigenvalue weighted by Crippen LogP contribution is -2.19. The minimum absolute atomic E-state index is 0.112. The zero-order chi connectivity index (χ0) is 18.6. The highest BCUT2D eigenvalue weighted by atomic mass is 32.2. The van der Waals surface area contributed by atoms with Crippen molar-refractivity contribution in [1.82, 2.24) is 0 Å². The van der Waals surface area contributed by atoms with Crippen molar-refractivity contribution >= 4 is 23.2 Å². The fraction of sp³-hybridized carbons (Fsp3) is 0.381. The molecule has 2 rings (SSSR count). The summed E-state index contributed by atoms with van der Waals surface area (Å²) in [4.78, 5) is 15.9. The van der Waals surface area contributed by atoms with Gasteiger partial charge in [0.05, 0.1) is 18.6 Å². The van der Waals surface area contributed by atoms with E-state index in [9.17, 15) is 4.79 Å². The van der Waals surface area contributed by atoms with E-state index in [4.69, 9.17) is 4.74 Å². The summed E-state index contributed by atoms with van der Waals surface area (Å²) in [5.74, 6) is 1.39. The standard InChI is InChI=1S/C21H27NO2S/c1-21(2,3)17-12-15(13-18(22(4)5)20(17)24-6)19(23)14-25-16-10-8-7-9-11-16/h7-13H,14H2,1-6H3. The van der Waals surface area contributed by atoms with E-state index in [0.29, 0.717) is 5.75 Å². The van der Waals surface area contributed by atoms with Crippen LogP contribution in [0.4, 0.5) is 5.69 Å². The zero-order valence-corrected chi connectivity index (χ0v) is 16.7. The van der Waals surface area contributed by atoms with E-state index < -0.39 is 0 Å². The van der Waals surface area contributed by atoms with Crippen LogP contribution in [0.25, 0.3) is 0 Å². The van der Waals surface area contributed by atoms with Crippen molar-refractivity contribution in [3.8, 4) is 5.75 Å². The van der Waals surface area contributed by atoms with Crippen molar-refractivity contribution in [2.24, 2.45) is 0 Å². The molecule has 0 amide bonds. The number of thioether (sulfide) groups is 1. The van der Waals surface area contributed by atoms with Crippen LogP contribution in [-0.4, -0.2) is 32.7 Å². The number of carbonyl (C=O) groups excluding carboxylic acids is 1. The van der Waals surface area contributed by atoms with Crippen molar-refractivity contribution in [3.05, 3.63) is 53.6 Å². The van der Waals surface area contributed by atoms with Gasteiger partial charge in [-0.25, -0.2) is 0 Å². The van der Waals surface area contributed by atoms with Gasteiger partial charge in [-0.15, -0.1) is 11.8 Å². The van der Waals surface area contributed by atoms with Crippen LogP contribution in [0.3, 0.4) is 0 Å². The third-order valence-corrected chi connectivity index (χ3v) is 5.01. The van der Waals surface area contributed by atoms with Crippen molar-refractivity contribution in [2.45, 2.75) is 31.1 Å². The Morgan fingerprint density at radius 1 is 1.12 bits per heavy atom. The number of hydrogen-bond donors (Lipinski definition) is 0. The normalized spacial score (nSPS) is 11.3. The molecule has 0 aliphatic rings. The lowest BCUT2D eigenvalue weighted by Gasteiger charge is -2.27. The van der Waals surface area contributed by atoms with Gasteiger partial charge in [0.25, 0.3) is 0 Å². The predicted molar refractivity (Wildman–Crippen MR) is 108 cm³/mol. The number of hydrogen-bond acceptors (Lipinski definition) is 4. The largest absolute Gasteiger partial charge is 0.494 e. The number of carbonyl (C=O) groups is 1. The maximum absolute atomic E-state index is 12.8. The number of anilines is 1. The molecule has 2 aromatic carbocycles. The molecule has 0 spiro atoms. The molecule has 0 atom stereocenters. The van der Waals surface area contributed by atoms with Crippen molar-refractivity contribution in [2.75, 3.05) is 31.9 Å². The summed E-state index contributed by atoms with van der Waals surface area (Å²) < 4.78 is 5.67. The highest BCUT2D eigenvalue weighted by molar-refractivity contribution is 8.00. The minimum atomic E-state index is -0.112. The van der Waals surface area contributed by atoms with Crippen LogP contribution < -0.4 is 9.64 Å². The second kappa shape index (κ2) is 7.96. The van der Waals surface area contributed by atoms with Crippen molar-refractivity contribution in [1.29, 1.82) is 0 Å². The summed E-state index contributed by atoms with van der Waals surface area (Å²) in [6.45, 7) is 6.41. The van der Waals surface area contributed by atoms with Gasteiger partial charge in [0.1, 0.15) is 5.75 Å². The highest BCUT2D eigenvalue weighted by Crippen LogP contribution is 2.39. The number of ether oxygens (including phenoxy) is 1. The molecule has 3 nitrogen and oxygen atoms in total. The first-order valence-corrected chi connectivity index (χ1v) is 9.33. The van der Waals surface area contributed by atoms with Crippen molar-refractivity contribution < 1.29 is 9.53 Å². The van der Waals surface area contributed by atoms with E-state index in [0.717, 1.165) is 27.5 Å². The first-order valence-electron chi connectivity index (χ1n) is 8.35. The molecule has 0 saturated heterocycles. The number of rotatable bonds is 6. The molecule has 0 aliphatic carbocycles. The third kappa shape index (κ3) is 4.79. The van der Waals surface area contributed by atoms with Gasteiger partial charge in [-0.1, -0.05) is 39.0 Å². The Hall–Kier alpha value is -1.94. The monoisotopic (exact) mass is 357 g/mol. The SMILES string of the molecule is COc1c(N(C)C)cc(C(=O)CSc2ccccc2)cc1C(C)(C)C. The van der Waals surface area contributed by atoms with Crippen LogP contribution in [0.5, 0.6) is 5.75 Å². The summed E-state index contributed by atoms with van der Waals surface area (Å²) >= 11 is 1.57. The van der Waals surface area contributed by atoms with Gasteiger partial charge in [0.15, 0.2) is 5.78 Å². The molecule has 25 heavy (non-hydrogen) atoms. The molecule has 0 aromatic heterocycles. The molecule has 0 fully saturated rings. The van der Waals surface area contributed by atoms with Crippen molar-refractivity contribution in [3.63, 3.8) is 0 Å². The molecule has 0 unspecified atom stereocenters. The maximum Gasteiger partial charge on any atom is 0.173 e. The summed E-state index contributed by atoms with van der Waals surface area (Å²) in [6.07, 6.45) is 0. The van der Waals surface area contributed by atoms with Crippen LogP contribution in [0.1, 0.15) is 36.7 Å². The van der Waals surface area contributed by atoms with Crippen LogP contribution >= 0.6 is 11.8 Å². The van der Waals surface area contributed by atoms with E-state index in [2.05, 4.69) is 20.8 Å². The Labute approximate surface area is 155 Å². The zero-order valence-electron chi connectivity index (χ0n) is 15.9. The molecule has 0 aliphatic heterocycles. The minimum Gasteiger partial charge on any atom is -0.494 e. The summed E-state index contributed by atoms with van der Waals surface area (Å²) in [5.41, 5.74) is 2.61. The van der Waals surface area contributed by atoms with Gasteiger partial charge in [0.2, 0.25) is 0 Å². The predicted octanol–water partition coefficient (Wildman–Crippen LogP) is 5.03. The summed E-state index contributed by atoms with van der Waals surface area (Å²) in [6, 6.07) is 13.9. The second-order valence-corrected chi connectivity index (χ2v) is 8.29. The van der Waals surface area contributed by atoms with Crippen LogP contribution in [-0.2, 0) is 5.41 Å². The molecule has 0 saturated carbocycles. The van der Waals surface area contributed by atoms with Gasteiger partial charge in [0, 0.05) is 30.1 Å². The first-order chi connectivity index (χ1) is 11.7. The maximum atomic E-state index is 12.8. The Morgan fingerprint density at radius 2 is 1.76 bits per heavy atom. The molecular weight excluding hydrogens is 330 g/mol. The lowest BCUT2D eigenvalue weighted by molar-refractivity contribution is 0.102. The Bertz CT molecular complexity index is 734. The molecular formula is C21H27NO2S. The smallest absolute Gasteiger partial charge is 0.173 e. The van der Waals surface area contributed by atoms with Gasteiger partial charge in [-0.05, 0) is 29.7 Å². The van der Waals surface area contributed by atoms with Crippen LogP contribution in [0, 0.1) is 0 Å². The molecule has 134 valence electrons. The number of ketones is 1. The fourth-order valence-electron chi connectivity index (χ4n) is 2.63. The van der Waals surface area contributed by atoms with Crippen LogP contribution in [0.2, 0.25) is 0 Å². The molecule has 2 aromatic rings. The average molecular weight is 358 g/mol. The van der Waals surface area contributed by atoms with E-state index in [1.165, 1.54) is 0 Å². The number of nitrogens with zero attached hydrogens (tertiary/aromatic N) is 1. The topological polar surface area (TPSA) is 29.5 Å². The average Bonchev–Trinajstić information content (AvgIpc) is 2.58. The van der Waals surface area contributed by atoms with E-state index in [1.54, 1.807) is 18.9 Å². The fourth-order valence-corrected chi connectivity index (χ4v) is 3.44. The van der Waals surface area contributed by atoms with E-state index in [1.807, 2.05) is 61.5 Å². The Kier molecular flexibility index (Phi) is 6.17. The third-order valence-electron chi connectivity index (χ3n) is 4.00. The van der Waals surface area contributed by atoms with Gasteiger partial charge >= 0.3 is 0 Å². The Balaban J connectivity index is 2.36. The number of benzene rings is 2. The number of Topliss-reactive ketones (excluding diaryl/α,β-unsaturated/α-hetero) is 1. The first kappa shape index (κ1) is 19.4. The highest BCUT2D eigenvalue weighted by Gasteiger charge is 2.24. The molecule has 4 heteroatoms. The Morgan fingerprint density at radius 3 is 2.28 bits per heavy atom. The van der Waals surface area contributed by atoms with Gasteiger partial charge < -0.3 is 9.64 Å². The number of methoxy groups -OCH3 is 1. The summed E-state index contributed by atoms with van der Waals surface area (Å²) in [7, 11) is 5.62. The van der Waals surface area contributed by atoms with E-state index in [-0.39, 0.29) is 11.2 Å². The quantitative estimate of drug-likeness (QED) is 0.535. The van der Waals surface area contributed by atoms with E-state index >= 15 is 0 Å². The molecule has 0 radical (unpaired) electrons. The molecule has 0 bridgehead atoms. The van der Waals surface area contributed by atoms with Gasteiger partial charge in [-0.3, -0.25) is 4.79 Å². The second-order valence-electron chi connectivity index (χ2n) is 7.25.